The maximum atomic E-state index is 12.8. The van der Waals surface area contributed by atoms with Crippen LogP contribution in [0.2, 0.25) is 20.1 Å². The number of aromatic carboxylic acids is 1. The Kier molecular flexibility index (Phi) is 9.87. The van der Waals surface area contributed by atoms with Crippen LogP contribution in [0.3, 0.4) is 0 Å². The van der Waals surface area contributed by atoms with E-state index in [-0.39, 0.29) is 61.3 Å². The van der Waals surface area contributed by atoms with Crippen molar-refractivity contribution >= 4 is 81.1 Å². The van der Waals surface area contributed by atoms with Gasteiger partial charge in [0.15, 0.2) is 0 Å². The van der Waals surface area contributed by atoms with Crippen LogP contribution in [0.15, 0.2) is 66.7 Å². The Morgan fingerprint density at radius 2 is 1.12 bits per heavy atom. The quantitative estimate of drug-likeness (QED) is 0.140. The number of ether oxygens (including phenoxy) is 3. The van der Waals surface area contributed by atoms with Crippen LogP contribution < -0.4 is 4.74 Å². The lowest BCUT2D eigenvalue weighted by molar-refractivity contribution is 0.00618. The van der Waals surface area contributed by atoms with E-state index in [1.54, 1.807) is 38.1 Å². The van der Waals surface area contributed by atoms with Crippen molar-refractivity contribution < 1.29 is 38.5 Å². The second kappa shape index (κ2) is 13.2. The lowest BCUT2D eigenvalue weighted by Gasteiger charge is -2.24. The lowest BCUT2D eigenvalue weighted by Crippen LogP contribution is -2.29. The van der Waals surface area contributed by atoms with Gasteiger partial charge in [0.2, 0.25) is 0 Å². The summed E-state index contributed by atoms with van der Waals surface area (Å²) in [6, 6.07) is 16.3. The molecule has 0 aliphatic rings. The summed E-state index contributed by atoms with van der Waals surface area (Å²) in [4.78, 5) is 49.3. The molecule has 0 bridgehead atoms. The Bertz CT molecular complexity index is 1720. The third-order valence-electron chi connectivity index (χ3n) is 6.11. The van der Waals surface area contributed by atoms with Crippen molar-refractivity contribution in [2.45, 2.75) is 13.8 Å². The van der Waals surface area contributed by atoms with Crippen LogP contribution in [0, 0.1) is 5.41 Å². The molecule has 1 N–H and O–H groups in total. The number of rotatable bonds is 9. The van der Waals surface area contributed by atoms with Crippen LogP contribution in [-0.4, -0.2) is 42.2 Å². The number of halogens is 4. The Morgan fingerprint density at radius 3 is 1.63 bits per heavy atom. The molecule has 0 unspecified atom stereocenters. The standard InChI is InChI=1S/C31H22Cl4O8/c1-31(2,14-41-29(39)25-21(32)4-3-5-22(25)33)15-42-30(40)26-23(34)12-20(13-24(26)35)43-28(38)19-9-7-16-10-18(27(36)37)8-6-17(16)11-19/h3-13H,14-15H2,1-2H3,(H,36,37). The minimum Gasteiger partial charge on any atom is -0.478 e. The molecule has 8 nitrogen and oxygen atoms in total. The molecule has 4 aromatic carbocycles. The molecule has 0 atom stereocenters. The molecule has 0 aromatic heterocycles. The number of hydrogen-bond acceptors (Lipinski definition) is 7. The molecule has 222 valence electrons. The summed E-state index contributed by atoms with van der Waals surface area (Å²) in [6.45, 7) is 3.15. The van der Waals surface area contributed by atoms with E-state index in [9.17, 15) is 19.2 Å². The Labute approximate surface area is 266 Å². The van der Waals surface area contributed by atoms with Gasteiger partial charge in [0, 0.05) is 17.5 Å². The molecule has 0 fully saturated rings. The van der Waals surface area contributed by atoms with Crippen molar-refractivity contribution in [3.8, 4) is 5.75 Å². The number of carboxylic acid groups (broad SMARTS) is 1. The highest BCUT2D eigenvalue weighted by Gasteiger charge is 2.27. The molecule has 43 heavy (non-hydrogen) atoms. The summed E-state index contributed by atoms with van der Waals surface area (Å²) >= 11 is 24.7. The normalized spacial score (nSPS) is 11.2. The first kappa shape index (κ1) is 32.1. The first-order chi connectivity index (χ1) is 20.3. The van der Waals surface area contributed by atoms with E-state index in [4.69, 9.17) is 65.7 Å². The highest BCUT2D eigenvalue weighted by Crippen LogP contribution is 2.32. The van der Waals surface area contributed by atoms with Gasteiger partial charge in [-0.25, -0.2) is 19.2 Å². The van der Waals surface area contributed by atoms with E-state index in [0.29, 0.717) is 10.8 Å². The SMILES string of the molecule is CC(C)(COC(=O)c1c(Cl)cccc1Cl)COC(=O)c1c(Cl)cc(OC(=O)c2ccc3cc(C(=O)O)ccc3c2)cc1Cl. The fourth-order valence-electron chi connectivity index (χ4n) is 3.88. The zero-order valence-electron chi connectivity index (χ0n) is 22.6. The van der Waals surface area contributed by atoms with Gasteiger partial charge in [0.05, 0.1) is 55.6 Å². The van der Waals surface area contributed by atoms with Gasteiger partial charge in [-0.3, -0.25) is 0 Å². The third-order valence-corrected chi connectivity index (χ3v) is 7.33. The van der Waals surface area contributed by atoms with E-state index in [1.165, 1.54) is 42.5 Å². The van der Waals surface area contributed by atoms with Crippen molar-refractivity contribution in [1.29, 1.82) is 0 Å². The number of fused-ring (bicyclic) bond motifs is 1. The smallest absolute Gasteiger partial charge is 0.343 e. The van der Waals surface area contributed by atoms with Crippen LogP contribution >= 0.6 is 46.4 Å². The molecule has 0 aliphatic heterocycles. The summed E-state index contributed by atoms with van der Waals surface area (Å²) in [7, 11) is 0. The summed E-state index contributed by atoms with van der Waals surface area (Å²) in [5.74, 6) is -3.35. The molecule has 0 radical (unpaired) electrons. The molecule has 0 saturated heterocycles. The summed E-state index contributed by atoms with van der Waals surface area (Å²) in [5, 5.41) is 10.5. The minimum atomic E-state index is -1.06. The van der Waals surface area contributed by atoms with Crippen LogP contribution in [0.1, 0.15) is 55.3 Å². The molecule has 4 aromatic rings. The zero-order chi connectivity index (χ0) is 31.5. The van der Waals surface area contributed by atoms with Crippen molar-refractivity contribution in [1.82, 2.24) is 0 Å². The fourth-order valence-corrected chi connectivity index (χ4v) is 5.05. The van der Waals surface area contributed by atoms with E-state index in [0.717, 1.165) is 0 Å². The summed E-state index contributed by atoms with van der Waals surface area (Å²) < 4.78 is 16.2. The van der Waals surface area contributed by atoms with Gasteiger partial charge in [-0.15, -0.1) is 0 Å². The molecule has 0 saturated carbocycles. The molecule has 0 heterocycles. The maximum absolute atomic E-state index is 12.8. The summed E-state index contributed by atoms with van der Waals surface area (Å²) in [5.41, 5.74) is -0.586. The van der Waals surface area contributed by atoms with E-state index >= 15 is 0 Å². The number of carboxylic acids is 1. The van der Waals surface area contributed by atoms with Gasteiger partial charge < -0.3 is 19.3 Å². The Balaban J connectivity index is 1.39. The number of carbonyl (C=O) groups excluding carboxylic acids is 3. The topological polar surface area (TPSA) is 116 Å². The van der Waals surface area contributed by atoms with E-state index < -0.39 is 29.3 Å². The van der Waals surface area contributed by atoms with E-state index in [1.807, 2.05) is 0 Å². The summed E-state index contributed by atoms with van der Waals surface area (Å²) in [6.07, 6.45) is 0. The Morgan fingerprint density at radius 1 is 0.651 bits per heavy atom. The first-order valence-electron chi connectivity index (χ1n) is 12.5. The molecular formula is C31H22Cl4O8. The largest absolute Gasteiger partial charge is 0.478 e. The van der Waals surface area contributed by atoms with Crippen molar-refractivity contribution in [3.05, 3.63) is 109 Å². The monoisotopic (exact) mass is 662 g/mol. The number of hydrogen-bond donors (Lipinski definition) is 1. The van der Waals surface area contributed by atoms with Crippen LogP contribution in [0.5, 0.6) is 5.75 Å². The number of esters is 3. The van der Waals surface area contributed by atoms with Gasteiger partial charge in [-0.05, 0) is 47.2 Å². The van der Waals surface area contributed by atoms with Crippen molar-refractivity contribution in [2.24, 2.45) is 5.41 Å². The second-order valence-electron chi connectivity index (χ2n) is 10.1. The molecule has 12 heteroatoms. The minimum absolute atomic E-state index is 0.0108. The second-order valence-corrected chi connectivity index (χ2v) is 11.8. The molecule has 4 rings (SSSR count). The van der Waals surface area contributed by atoms with Crippen LogP contribution in [0.25, 0.3) is 10.8 Å². The zero-order valence-corrected chi connectivity index (χ0v) is 25.6. The average molecular weight is 664 g/mol. The predicted molar refractivity (Wildman–Crippen MR) is 163 cm³/mol. The molecular weight excluding hydrogens is 642 g/mol. The predicted octanol–water partition coefficient (Wildman–Crippen LogP) is 8.41. The average Bonchev–Trinajstić information content (AvgIpc) is 2.94. The van der Waals surface area contributed by atoms with Crippen molar-refractivity contribution in [3.63, 3.8) is 0 Å². The van der Waals surface area contributed by atoms with Gasteiger partial charge in [0.25, 0.3) is 0 Å². The molecule has 0 amide bonds. The fraction of sp³-hybridized carbons (Fsp3) is 0.161. The van der Waals surface area contributed by atoms with Crippen LogP contribution in [0.4, 0.5) is 0 Å². The highest BCUT2D eigenvalue weighted by atomic mass is 35.5. The molecule has 0 spiro atoms. The molecule has 0 aliphatic carbocycles. The van der Waals surface area contributed by atoms with Gasteiger partial charge in [0.1, 0.15) is 5.75 Å². The van der Waals surface area contributed by atoms with Gasteiger partial charge in [-0.1, -0.05) is 78.5 Å². The van der Waals surface area contributed by atoms with E-state index in [2.05, 4.69) is 0 Å². The first-order valence-corrected chi connectivity index (χ1v) is 14.0. The number of carbonyl (C=O) groups is 4. The Hall–Kier alpha value is -3.82. The highest BCUT2D eigenvalue weighted by molar-refractivity contribution is 6.40. The maximum Gasteiger partial charge on any atom is 0.343 e. The number of benzene rings is 4. The third kappa shape index (κ3) is 7.77. The van der Waals surface area contributed by atoms with Gasteiger partial charge >= 0.3 is 23.9 Å². The van der Waals surface area contributed by atoms with Gasteiger partial charge in [-0.2, -0.15) is 0 Å². The lowest BCUT2D eigenvalue weighted by atomic mass is 9.96. The van der Waals surface area contributed by atoms with Crippen molar-refractivity contribution in [2.75, 3.05) is 13.2 Å². The van der Waals surface area contributed by atoms with Crippen LogP contribution in [-0.2, 0) is 9.47 Å².